The van der Waals surface area contributed by atoms with Gasteiger partial charge in [0.2, 0.25) is 0 Å². The Labute approximate surface area is 76.6 Å². The number of hydrogen-bond donors (Lipinski definition) is 1. The highest BCUT2D eigenvalue weighted by molar-refractivity contribution is 5.85. The zero-order valence-corrected chi connectivity index (χ0v) is 7.45. The Morgan fingerprint density at radius 1 is 1.50 bits per heavy atom. The second-order valence-electron chi connectivity index (χ2n) is 2.57. The molecule has 5 heteroatoms. The van der Waals surface area contributed by atoms with Crippen molar-refractivity contribution >= 4 is 24.4 Å². The zero-order chi connectivity index (χ0) is 7.73. The number of aromatic nitrogens is 2. The van der Waals surface area contributed by atoms with Gasteiger partial charge in [-0.25, -0.2) is 4.98 Å². The van der Waals surface area contributed by atoms with Gasteiger partial charge in [0.1, 0.15) is 19.4 Å². The average molecular weight is 186 g/mol. The third-order valence-electron chi connectivity index (χ3n) is 1.74. The van der Waals surface area contributed by atoms with Gasteiger partial charge in [-0.2, -0.15) is 0 Å². The summed E-state index contributed by atoms with van der Waals surface area (Å²) in [5.74, 6) is 0.968. The van der Waals surface area contributed by atoms with Gasteiger partial charge in [-0.15, -0.1) is 17.0 Å². The van der Waals surface area contributed by atoms with Gasteiger partial charge < -0.3 is 0 Å². The predicted octanol–water partition coefficient (Wildman–Crippen LogP) is 1.28. The van der Waals surface area contributed by atoms with Crippen molar-refractivity contribution in [2.75, 3.05) is 7.05 Å². The van der Waals surface area contributed by atoms with Crippen molar-refractivity contribution in [3.8, 4) is 0 Å². The normalized spacial score (nSPS) is 25.8. The van der Waals surface area contributed by atoms with Gasteiger partial charge in [0.05, 0.1) is 12.5 Å². The van der Waals surface area contributed by atoms with Crippen LogP contribution in [0.3, 0.4) is 0 Å². The molecule has 0 amide bonds. The first kappa shape index (κ1) is 8.96. The lowest BCUT2D eigenvalue weighted by Crippen LogP contribution is -2.30. The Morgan fingerprint density at radius 3 is 2.83 bits per heavy atom. The van der Waals surface area contributed by atoms with E-state index in [1.807, 2.05) is 19.3 Å². The Kier molecular flexibility index (Phi) is 2.30. The average Bonchev–Trinajstić information content (AvgIpc) is 2.55. The van der Waals surface area contributed by atoms with Gasteiger partial charge in [0.15, 0.2) is 0 Å². The maximum Gasteiger partial charge on any atom is 0.256 e. The summed E-state index contributed by atoms with van der Waals surface area (Å²) in [6.45, 7) is 0. The number of allylic oxidation sites excluding steroid dienone is 1. The van der Waals surface area contributed by atoms with E-state index in [1.165, 1.54) is 0 Å². The Morgan fingerprint density at radius 2 is 2.33 bits per heavy atom. The molecule has 0 aromatic carbocycles. The van der Waals surface area contributed by atoms with E-state index in [0.29, 0.717) is 4.59 Å². The molecule has 2 heterocycles. The number of aromatic amines is 1. The highest BCUT2D eigenvalue weighted by atomic mass is 35.5. The topological polar surface area (TPSA) is 41.0 Å². The van der Waals surface area contributed by atoms with Crippen LogP contribution in [0.15, 0.2) is 29.9 Å². The van der Waals surface area contributed by atoms with Crippen LogP contribution in [0.2, 0.25) is 0 Å². The van der Waals surface area contributed by atoms with Crippen LogP contribution >= 0.6 is 12.4 Å². The fourth-order valence-electron chi connectivity index (χ4n) is 1.06. The van der Waals surface area contributed by atoms with Gasteiger partial charge in [0.25, 0.3) is 5.82 Å². The second kappa shape index (κ2) is 3.08. The summed E-state index contributed by atoms with van der Waals surface area (Å²) in [6.07, 6.45) is 9.10. The lowest BCUT2D eigenvalue weighted by atomic mass is 10.6. The van der Waals surface area contributed by atoms with Crippen LogP contribution < -0.4 is 4.59 Å². The molecule has 0 bridgehead atoms. The molecule has 1 aromatic rings. The summed E-state index contributed by atoms with van der Waals surface area (Å²) in [7, 11) is 1.98. The first-order valence-electron chi connectivity index (χ1n) is 3.40. The number of nitrogens with one attached hydrogen (secondary N) is 1. The summed E-state index contributed by atoms with van der Waals surface area (Å²) in [4.78, 5) is 6.95. The van der Waals surface area contributed by atoms with Crippen LogP contribution in [-0.2, 0) is 0 Å². The van der Waals surface area contributed by atoms with Crippen LogP contribution in [0.4, 0.5) is 5.82 Å². The molecule has 2 rings (SSSR count). The van der Waals surface area contributed by atoms with E-state index in [2.05, 4.69) is 15.1 Å². The number of rotatable bonds is 1. The van der Waals surface area contributed by atoms with E-state index in [-0.39, 0.29) is 12.4 Å². The van der Waals surface area contributed by atoms with E-state index >= 15 is 0 Å². The predicted molar refractivity (Wildman–Crippen MR) is 51.2 cm³/mol. The third-order valence-corrected chi connectivity index (χ3v) is 1.74. The van der Waals surface area contributed by atoms with E-state index < -0.39 is 0 Å². The number of quaternary nitrogens is 1. The molecule has 1 atom stereocenters. The first-order valence-corrected chi connectivity index (χ1v) is 3.40. The zero-order valence-electron chi connectivity index (χ0n) is 6.64. The third kappa shape index (κ3) is 1.26. The summed E-state index contributed by atoms with van der Waals surface area (Å²) in [6, 6.07) is 0. The minimum Gasteiger partial charge on any atom is -0.298 e. The molecular weight excluding hydrogens is 176 g/mol. The number of hydrogen-bond acceptors (Lipinski definition) is 2. The Bertz CT molecular complexity index is 289. The van der Waals surface area contributed by atoms with Gasteiger partial charge in [-0.1, -0.05) is 5.10 Å². The molecule has 0 fully saturated rings. The maximum atomic E-state index is 4.24. The highest BCUT2D eigenvalue weighted by Crippen LogP contribution is 2.20. The molecule has 0 saturated heterocycles. The van der Waals surface area contributed by atoms with Crippen LogP contribution in [0, 0.1) is 0 Å². The minimum absolute atomic E-state index is 0. The maximum absolute atomic E-state index is 4.24. The summed E-state index contributed by atoms with van der Waals surface area (Å²) in [5, 5.41) is 4.24. The summed E-state index contributed by atoms with van der Waals surface area (Å²) >= 11 is 0. The molecule has 1 aromatic heterocycles. The monoisotopic (exact) mass is 185 g/mol. The summed E-state index contributed by atoms with van der Waals surface area (Å²) in [5.41, 5.74) is 0. The van der Waals surface area contributed by atoms with E-state index in [0.717, 1.165) is 5.82 Å². The Balaban J connectivity index is 0.000000720. The fraction of sp³-hybridized carbons (Fsp3) is 0.143. The van der Waals surface area contributed by atoms with Gasteiger partial charge in [-0.05, 0) is 0 Å². The molecule has 4 nitrogen and oxygen atoms in total. The second-order valence-corrected chi connectivity index (χ2v) is 2.57. The molecule has 1 aliphatic rings. The first-order chi connectivity index (χ1) is 5.31. The number of nitrogens with zero attached hydrogens (tertiary/aromatic N) is 3. The molecule has 0 radical (unpaired) electrons. The van der Waals surface area contributed by atoms with Gasteiger partial charge in [0, 0.05) is 6.08 Å². The number of halogens is 1. The minimum atomic E-state index is 0. The van der Waals surface area contributed by atoms with E-state index in [1.54, 1.807) is 18.7 Å². The van der Waals surface area contributed by atoms with Gasteiger partial charge in [-0.3, -0.25) is 4.98 Å². The summed E-state index contributed by atoms with van der Waals surface area (Å²) < 4.78 is 0.431. The fourth-order valence-corrected chi connectivity index (χ4v) is 1.06. The molecular formula is C7H10ClN4+. The molecule has 0 saturated carbocycles. The standard InChI is InChI=1S/C7H9N4.ClH/c1-11(4-2-3-10-11)7-5-8-6-9-7;/h2-6H,1H3,(H,8,9);1H/q+1;. The Hall–Kier alpha value is -1.13. The lowest BCUT2D eigenvalue weighted by Gasteiger charge is -2.15. The molecule has 1 aliphatic heterocycles. The molecule has 0 aliphatic carbocycles. The van der Waals surface area contributed by atoms with Crippen molar-refractivity contribution in [2.45, 2.75) is 0 Å². The molecule has 1 unspecified atom stereocenters. The molecule has 12 heavy (non-hydrogen) atoms. The van der Waals surface area contributed by atoms with Crippen molar-refractivity contribution in [2.24, 2.45) is 5.10 Å². The van der Waals surface area contributed by atoms with Crippen molar-refractivity contribution < 1.29 is 0 Å². The van der Waals surface area contributed by atoms with Crippen LogP contribution in [-0.4, -0.2) is 23.2 Å². The SMILES string of the molecule is C[N+]1(c2cnc[nH]2)C=CC=N1.Cl. The smallest absolute Gasteiger partial charge is 0.256 e. The molecule has 64 valence electrons. The highest BCUT2D eigenvalue weighted by Gasteiger charge is 2.25. The van der Waals surface area contributed by atoms with Crippen molar-refractivity contribution in [1.29, 1.82) is 0 Å². The molecule has 0 spiro atoms. The van der Waals surface area contributed by atoms with Crippen molar-refractivity contribution in [3.63, 3.8) is 0 Å². The van der Waals surface area contributed by atoms with Crippen molar-refractivity contribution in [3.05, 3.63) is 24.8 Å². The van der Waals surface area contributed by atoms with Crippen LogP contribution in [0.1, 0.15) is 0 Å². The number of imidazole rings is 1. The van der Waals surface area contributed by atoms with Crippen molar-refractivity contribution in [1.82, 2.24) is 14.6 Å². The lowest BCUT2D eigenvalue weighted by molar-refractivity contribution is 0.474. The van der Waals surface area contributed by atoms with E-state index in [9.17, 15) is 0 Å². The van der Waals surface area contributed by atoms with Crippen LogP contribution in [0.5, 0.6) is 0 Å². The molecule has 1 N–H and O–H groups in total. The quantitative estimate of drug-likeness (QED) is 0.658. The number of H-pyrrole nitrogens is 1. The van der Waals surface area contributed by atoms with Crippen LogP contribution in [0.25, 0.3) is 0 Å². The largest absolute Gasteiger partial charge is 0.298 e. The van der Waals surface area contributed by atoms with Gasteiger partial charge >= 0.3 is 0 Å². The van der Waals surface area contributed by atoms with E-state index in [4.69, 9.17) is 0 Å².